The predicted molar refractivity (Wildman–Crippen MR) is 58.1 cm³/mol. The summed E-state index contributed by atoms with van der Waals surface area (Å²) in [7, 11) is 0. The van der Waals surface area contributed by atoms with E-state index in [1.807, 2.05) is 25.1 Å². The van der Waals surface area contributed by atoms with Crippen LogP contribution in [0.1, 0.15) is 31.4 Å². The van der Waals surface area contributed by atoms with Crippen molar-refractivity contribution in [3.8, 4) is 0 Å². The maximum Gasteiger partial charge on any atom is 0.177 e. The Kier molecular flexibility index (Phi) is 3.72. The second-order valence-electron chi connectivity index (χ2n) is 3.66. The molecule has 0 bridgehead atoms. The SMILES string of the molecule is CCO[C@H]1CC[C@H](c2ccccc2)NO1. The normalized spacial score (nSPS) is 26.5. The lowest BCUT2D eigenvalue weighted by molar-refractivity contribution is -0.210. The monoisotopic (exact) mass is 207 g/mol. The Hall–Kier alpha value is -0.900. The minimum atomic E-state index is -0.0880. The van der Waals surface area contributed by atoms with Crippen LogP contribution in [0.5, 0.6) is 0 Å². The number of rotatable bonds is 3. The first-order chi connectivity index (χ1) is 7.40. The van der Waals surface area contributed by atoms with Crippen LogP contribution in [-0.4, -0.2) is 12.9 Å². The Morgan fingerprint density at radius 2 is 2.13 bits per heavy atom. The van der Waals surface area contributed by atoms with Crippen LogP contribution in [-0.2, 0) is 9.57 Å². The summed E-state index contributed by atoms with van der Waals surface area (Å²) in [6, 6.07) is 10.6. The first-order valence-electron chi connectivity index (χ1n) is 5.48. The van der Waals surface area contributed by atoms with Gasteiger partial charge in [-0.2, -0.15) is 5.48 Å². The first-order valence-corrected chi connectivity index (χ1v) is 5.48. The lowest BCUT2D eigenvalue weighted by atomic mass is 10.0. The van der Waals surface area contributed by atoms with Gasteiger partial charge in [0.05, 0.1) is 6.04 Å². The quantitative estimate of drug-likeness (QED) is 0.825. The topological polar surface area (TPSA) is 30.5 Å². The molecule has 1 fully saturated rings. The van der Waals surface area contributed by atoms with Crippen LogP contribution in [0, 0.1) is 0 Å². The zero-order valence-electron chi connectivity index (χ0n) is 8.98. The van der Waals surface area contributed by atoms with Crippen molar-refractivity contribution in [2.45, 2.75) is 32.1 Å². The van der Waals surface area contributed by atoms with E-state index in [-0.39, 0.29) is 6.29 Å². The van der Waals surface area contributed by atoms with Crippen LogP contribution in [0.25, 0.3) is 0 Å². The lowest BCUT2D eigenvalue weighted by Crippen LogP contribution is -2.35. The average molecular weight is 207 g/mol. The number of hydrogen-bond acceptors (Lipinski definition) is 3. The maximum absolute atomic E-state index is 5.41. The van der Waals surface area contributed by atoms with Crippen LogP contribution in [0.3, 0.4) is 0 Å². The second-order valence-corrected chi connectivity index (χ2v) is 3.66. The summed E-state index contributed by atoms with van der Waals surface area (Å²) >= 11 is 0. The molecule has 15 heavy (non-hydrogen) atoms. The van der Waals surface area contributed by atoms with Crippen molar-refractivity contribution in [1.82, 2.24) is 5.48 Å². The molecular weight excluding hydrogens is 190 g/mol. The van der Waals surface area contributed by atoms with Crippen molar-refractivity contribution in [1.29, 1.82) is 0 Å². The van der Waals surface area contributed by atoms with Gasteiger partial charge >= 0.3 is 0 Å². The molecule has 1 aliphatic rings. The van der Waals surface area contributed by atoms with Gasteiger partial charge in [-0.05, 0) is 18.9 Å². The average Bonchev–Trinajstić information content (AvgIpc) is 2.32. The highest BCUT2D eigenvalue weighted by atomic mass is 16.8. The highest BCUT2D eigenvalue weighted by Gasteiger charge is 2.22. The third kappa shape index (κ3) is 2.78. The molecule has 2 rings (SSSR count). The van der Waals surface area contributed by atoms with Gasteiger partial charge < -0.3 is 4.74 Å². The second kappa shape index (κ2) is 5.26. The van der Waals surface area contributed by atoms with Gasteiger partial charge in [0.25, 0.3) is 0 Å². The van der Waals surface area contributed by atoms with Gasteiger partial charge in [0.15, 0.2) is 6.29 Å². The van der Waals surface area contributed by atoms with Crippen LogP contribution in [0.4, 0.5) is 0 Å². The van der Waals surface area contributed by atoms with E-state index in [1.165, 1.54) is 5.56 Å². The maximum atomic E-state index is 5.41. The molecule has 1 aromatic carbocycles. The van der Waals surface area contributed by atoms with Gasteiger partial charge in [0.2, 0.25) is 0 Å². The Morgan fingerprint density at radius 1 is 1.33 bits per heavy atom. The number of benzene rings is 1. The fourth-order valence-corrected chi connectivity index (χ4v) is 1.80. The molecule has 0 aromatic heterocycles. The summed E-state index contributed by atoms with van der Waals surface area (Å²) in [5.41, 5.74) is 4.32. The van der Waals surface area contributed by atoms with Crippen LogP contribution >= 0.6 is 0 Å². The third-order valence-corrected chi connectivity index (χ3v) is 2.59. The zero-order chi connectivity index (χ0) is 10.5. The lowest BCUT2D eigenvalue weighted by Gasteiger charge is -2.29. The summed E-state index contributed by atoms with van der Waals surface area (Å²) in [4.78, 5) is 5.41. The summed E-state index contributed by atoms with van der Waals surface area (Å²) in [5.74, 6) is 0. The largest absolute Gasteiger partial charge is 0.351 e. The zero-order valence-corrected chi connectivity index (χ0v) is 8.98. The molecule has 0 saturated carbocycles. The predicted octanol–water partition coefficient (Wildman–Crippen LogP) is 2.41. The van der Waals surface area contributed by atoms with Crippen molar-refractivity contribution in [2.24, 2.45) is 0 Å². The molecule has 0 spiro atoms. The summed E-state index contributed by atoms with van der Waals surface area (Å²) in [6.45, 7) is 2.68. The van der Waals surface area contributed by atoms with E-state index in [9.17, 15) is 0 Å². The molecule has 0 aliphatic carbocycles. The van der Waals surface area contributed by atoms with Crippen molar-refractivity contribution in [3.05, 3.63) is 35.9 Å². The number of nitrogens with one attached hydrogen (secondary N) is 1. The summed E-state index contributed by atoms with van der Waals surface area (Å²) in [5, 5.41) is 0. The van der Waals surface area contributed by atoms with Crippen molar-refractivity contribution >= 4 is 0 Å². The molecule has 2 atom stereocenters. The molecule has 0 radical (unpaired) electrons. The summed E-state index contributed by atoms with van der Waals surface area (Å²) in [6.07, 6.45) is 1.91. The summed E-state index contributed by atoms with van der Waals surface area (Å²) < 4.78 is 5.38. The highest BCUT2D eigenvalue weighted by molar-refractivity contribution is 5.18. The number of hydrogen-bond donors (Lipinski definition) is 1. The van der Waals surface area contributed by atoms with Gasteiger partial charge in [-0.3, -0.25) is 4.84 Å². The number of ether oxygens (including phenoxy) is 1. The van der Waals surface area contributed by atoms with Gasteiger partial charge in [0.1, 0.15) is 0 Å². The van der Waals surface area contributed by atoms with Gasteiger partial charge in [-0.25, -0.2) is 0 Å². The Morgan fingerprint density at radius 3 is 2.73 bits per heavy atom. The molecule has 1 aliphatic heterocycles. The Labute approximate surface area is 90.3 Å². The molecule has 0 amide bonds. The van der Waals surface area contributed by atoms with Crippen LogP contribution in [0.2, 0.25) is 0 Å². The molecule has 1 aromatic rings. The molecule has 1 N–H and O–H groups in total. The van der Waals surface area contributed by atoms with Gasteiger partial charge in [-0.1, -0.05) is 30.3 Å². The first kappa shape index (κ1) is 10.6. The Bertz CT molecular complexity index is 281. The van der Waals surface area contributed by atoms with E-state index < -0.39 is 0 Å². The van der Waals surface area contributed by atoms with E-state index in [1.54, 1.807) is 0 Å². The molecular formula is C12H17NO2. The van der Waals surface area contributed by atoms with Crippen molar-refractivity contribution in [2.75, 3.05) is 6.61 Å². The standard InChI is InChI=1S/C12H17NO2/c1-2-14-12-9-8-11(13-15-12)10-6-4-3-5-7-10/h3-7,11-13H,2,8-9H2,1H3/t11-,12-/m1/s1. The minimum Gasteiger partial charge on any atom is -0.351 e. The fourth-order valence-electron chi connectivity index (χ4n) is 1.80. The van der Waals surface area contributed by atoms with E-state index >= 15 is 0 Å². The van der Waals surface area contributed by atoms with E-state index in [0.717, 1.165) is 12.8 Å². The molecule has 3 nitrogen and oxygen atoms in total. The molecule has 82 valence electrons. The highest BCUT2D eigenvalue weighted by Crippen LogP contribution is 2.24. The van der Waals surface area contributed by atoms with Crippen molar-refractivity contribution in [3.63, 3.8) is 0 Å². The molecule has 1 saturated heterocycles. The smallest absolute Gasteiger partial charge is 0.177 e. The number of hydroxylamine groups is 1. The van der Waals surface area contributed by atoms with Crippen molar-refractivity contribution < 1.29 is 9.57 Å². The molecule has 3 heteroatoms. The molecule has 0 unspecified atom stereocenters. The van der Waals surface area contributed by atoms with Crippen LogP contribution < -0.4 is 5.48 Å². The van der Waals surface area contributed by atoms with E-state index in [4.69, 9.17) is 9.57 Å². The van der Waals surface area contributed by atoms with Gasteiger partial charge in [0, 0.05) is 13.0 Å². The van der Waals surface area contributed by atoms with Crippen LogP contribution in [0.15, 0.2) is 30.3 Å². The fraction of sp³-hybridized carbons (Fsp3) is 0.500. The van der Waals surface area contributed by atoms with Gasteiger partial charge in [-0.15, -0.1) is 0 Å². The molecule has 1 heterocycles. The third-order valence-electron chi connectivity index (χ3n) is 2.59. The van der Waals surface area contributed by atoms with E-state index in [2.05, 4.69) is 17.6 Å². The Balaban J connectivity index is 1.88. The van der Waals surface area contributed by atoms with E-state index in [0.29, 0.717) is 12.6 Å². The minimum absolute atomic E-state index is 0.0880.